The largest absolute Gasteiger partial charge is 0.406 e. The number of aliphatic hydroxyl groups is 4. The van der Waals surface area contributed by atoms with Gasteiger partial charge in [0, 0.05) is 12.5 Å². The molecule has 1 aliphatic carbocycles. The minimum Gasteiger partial charge on any atom is -0.406 e. The van der Waals surface area contributed by atoms with Crippen molar-refractivity contribution in [3.8, 4) is 0 Å². The molecule has 4 fully saturated rings. The number of hydrogen-bond acceptors (Lipinski definition) is 11. The highest BCUT2D eigenvalue weighted by Crippen LogP contribution is 2.42. The smallest absolute Gasteiger partial charge is 0.362 e. The van der Waals surface area contributed by atoms with E-state index in [1.54, 1.807) is 0 Å². The van der Waals surface area contributed by atoms with Crippen molar-refractivity contribution in [3.05, 3.63) is 0 Å². The highest BCUT2D eigenvalue weighted by Gasteiger charge is 2.64. The lowest BCUT2D eigenvalue weighted by atomic mass is 9.85. The molecule has 3 saturated heterocycles. The molecule has 1 saturated carbocycles. The number of rotatable bonds is 4. The van der Waals surface area contributed by atoms with Gasteiger partial charge in [0.05, 0.1) is 6.61 Å². The second-order valence-corrected chi connectivity index (χ2v) is 8.34. The molecular weight excluding hydrogens is 409 g/mol. The van der Waals surface area contributed by atoms with Crippen LogP contribution in [0.25, 0.3) is 0 Å². The number of esters is 2. The average molecular weight is 435 g/mol. The van der Waals surface area contributed by atoms with Crippen molar-refractivity contribution in [2.24, 2.45) is 5.92 Å². The van der Waals surface area contributed by atoms with Gasteiger partial charge < -0.3 is 39.4 Å². The molecule has 3 aliphatic heterocycles. The lowest BCUT2D eigenvalue weighted by molar-refractivity contribution is -0.312. The molecule has 4 aliphatic rings. The van der Waals surface area contributed by atoms with Crippen LogP contribution >= 0.6 is 0 Å². The van der Waals surface area contributed by atoms with Gasteiger partial charge in [0.2, 0.25) is 0 Å². The zero-order chi connectivity index (χ0) is 21.7. The molecule has 12 heteroatoms. The maximum absolute atomic E-state index is 15.2. The van der Waals surface area contributed by atoms with E-state index in [2.05, 4.69) is 5.32 Å². The fraction of sp³-hybridized carbons (Fsp3) is 0.889. The van der Waals surface area contributed by atoms with Gasteiger partial charge in [-0.15, -0.1) is 0 Å². The minimum absolute atomic E-state index is 0.0110. The molecule has 0 bridgehead atoms. The van der Waals surface area contributed by atoms with E-state index >= 15 is 4.39 Å². The highest BCUT2D eigenvalue weighted by molar-refractivity contribution is 6.05. The summed E-state index contributed by atoms with van der Waals surface area (Å²) < 4.78 is 35.7. The molecule has 0 aromatic heterocycles. The first-order valence-electron chi connectivity index (χ1n) is 10.0. The number of carbonyl (C=O) groups is 2. The first-order valence-corrected chi connectivity index (χ1v) is 10.0. The Morgan fingerprint density at radius 2 is 1.73 bits per heavy atom. The molecule has 1 unspecified atom stereocenters. The maximum atomic E-state index is 15.2. The standard InChI is InChI=1S/C18H26FNO10/c19-17(7-27-14-13(24)12(23)11(22)10(6-21)28-14)15(25)29-18(30-16(17)26)5-8-3-1-2-4-9(8)20-18/h8-14,20-24H,1-7H2/t8-,9+,10+,11+,12-,13+,14?,17?,18?/m0/s1. The van der Waals surface area contributed by atoms with E-state index in [0.717, 1.165) is 25.7 Å². The molecule has 170 valence electrons. The summed E-state index contributed by atoms with van der Waals surface area (Å²) in [6.07, 6.45) is -4.24. The van der Waals surface area contributed by atoms with Crippen LogP contribution in [0.5, 0.6) is 0 Å². The molecule has 1 spiro atoms. The van der Waals surface area contributed by atoms with E-state index in [4.69, 9.17) is 18.9 Å². The van der Waals surface area contributed by atoms with Gasteiger partial charge in [0.15, 0.2) is 6.29 Å². The molecule has 4 rings (SSSR count). The van der Waals surface area contributed by atoms with E-state index in [1.807, 2.05) is 0 Å². The van der Waals surface area contributed by atoms with Gasteiger partial charge in [-0.2, -0.15) is 0 Å². The second kappa shape index (κ2) is 7.93. The molecule has 0 aromatic rings. The summed E-state index contributed by atoms with van der Waals surface area (Å²) in [4.78, 5) is 24.9. The normalized spacial score (nSPS) is 48.9. The van der Waals surface area contributed by atoms with Crippen LogP contribution in [-0.2, 0) is 28.5 Å². The molecule has 5 N–H and O–H groups in total. The number of halogens is 1. The Labute approximate surface area is 171 Å². The third-order valence-corrected chi connectivity index (χ3v) is 6.30. The minimum atomic E-state index is -3.31. The van der Waals surface area contributed by atoms with Crippen LogP contribution in [0.15, 0.2) is 0 Å². The van der Waals surface area contributed by atoms with Gasteiger partial charge in [0.25, 0.3) is 0 Å². The Kier molecular flexibility index (Phi) is 5.77. The van der Waals surface area contributed by atoms with Crippen LogP contribution in [0.3, 0.4) is 0 Å². The number of fused-ring (bicyclic) bond motifs is 1. The lowest BCUT2D eigenvalue weighted by Gasteiger charge is -2.41. The van der Waals surface area contributed by atoms with Crippen molar-refractivity contribution < 1.29 is 53.4 Å². The summed E-state index contributed by atoms with van der Waals surface area (Å²) in [5, 5.41) is 41.6. The molecule has 0 aromatic carbocycles. The van der Waals surface area contributed by atoms with Crippen molar-refractivity contribution in [3.63, 3.8) is 0 Å². The van der Waals surface area contributed by atoms with E-state index in [0.29, 0.717) is 0 Å². The van der Waals surface area contributed by atoms with E-state index in [1.165, 1.54) is 0 Å². The highest BCUT2D eigenvalue weighted by atomic mass is 19.1. The Hall–Kier alpha value is -1.41. The predicted octanol–water partition coefficient (Wildman–Crippen LogP) is -2.18. The van der Waals surface area contributed by atoms with Crippen LogP contribution in [0, 0.1) is 5.92 Å². The lowest BCUT2D eigenvalue weighted by Crippen LogP contribution is -2.65. The van der Waals surface area contributed by atoms with Crippen molar-refractivity contribution in [1.29, 1.82) is 0 Å². The first kappa shape index (κ1) is 21.8. The van der Waals surface area contributed by atoms with Crippen LogP contribution in [0.4, 0.5) is 4.39 Å². The third-order valence-electron chi connectivity index (χ3n) is 6.30. The zero-order valence-electron chi connectivity index (χ0n) is 16.1. The zero-order valence-corrected chi connectivity index (χ0v) is 16.1. The number of ether oxygens (including phenoxy) is 4. The van der Waals surface area contributed by atoms with Crippen LogP contribution < -0.4 is 5.32 Å². The maximum Gasteiger partial charge on any atom is 0.362 e. The van der Waals surface area contributed by atoms with Crippen molar-refractivity contribution >= 4 is 11.9 Å². The number of carbonyl (C=O) groups excluding carboxylic acids is 2. The van der Waals surface area contributed by atoms with Crippen molar-refractivity contribution in [2.75, 3.05) is 13.2 Å². The SMILES string of the molecule is O=C1OC2(C[C@@H]3CCCC[C@H]3N2)OC(=O)C1(F)COC1O[C@H](CO)[C@@H](O)[C@H](O)[C@H]1O. The van der Waals surface area contributed by atoms with Crippen LogP contribution in [0.2, 0.25) is 0 Å². The molecule has 0 radical (unpaired) electrons. The number of nitrogens with one attached hydrogen (secondary N) is 1. The Morgan fingerprint density at radius 3 is 2.37 bits per heavy atom. The summed E-state index contributed by atoms with van der Waals surface area (Å²) in [6.45, 7) is -1.93. The quantitative estimate of drug-likeness (QED) is 0.241. The molecule has 30 heavy (non-hydrogen) atoms. The Morgan fingerprint density at radius 1 is 1.07 bits per heavy atom. The van der Waals surface area contributed by atoms with Gasteiger partial charge in [-0.25, -0.2) is 19.3 Å². The predicted molar refractivity (Wildman–Crippen MR) is 92.0 cm³/mol. The summed E-state index contributed by atoms with van der Waals surface area (Å²) in [6, 6.07) is 0.0110. The average Bonchev–Trinajstić information content (AvgIpc) is 3.07. The fourth-order valence-corrected chi connectivity index (χ4v) is 4.56. The monoisotopic (exact) mass is 435 g/mol. The van der Waals surface area contributed by atoms with E-state index < -0.39 is 67.4 Å². The molecular formula is C18H26FNO10. The third kappa shape index (κ3) is 3.60. The Balaban J connectivity index is 1.41. The summed E-state index contributed by atoms with van der Waals surface area (Å²) >= 11 is 0. The van der Waals surface area contributed by atoms with Crippen LogP contribution in [-0.4, -0.2) is 93.9 Å². The van der Waals surface area contributed by atoms with Gasteiger partial charge in [-0.1, -0.05) is 12.8 Å². The van der Waals surface area contributed by atoms with Gasteiger partial charge in [-0.3, -0.25) is 0 Å². The second-order valence-electron chi connectivity index (χ2n) is 8.34. The van der Waals surface area contributed by atoms with Crippen molar-refractivity contribution in [2.45, 2.75) is 80.4 Å². The number of hydrogen-bond donors (Lipinski definition) is 5. The van der Waals surface area contributed by atoms with E-state index in [9.17, 15) is 30.0 Å². The van der Waals surface area contributed by atoms with Gasteiger partial charge in [0.1, 0.15) is 31.0 Å². The topological polar surface area (TPSA) is 164 Å². The first-order chi connectivity index (χ1) is 14.2. The van der Waals surface area contributed by atoms with Crippen molar-refractivity contribution in [1.82, 2.24) is 5.32 Å². The van der Waals surface area contributed by atoms with Gasteiger partial charge in [-0.05, 0) is 18.8 Å². The number of aliphatic hydroxyl groups excluding tert-OH is 4. The van der Waals surface area contributed by atoms with E-state index in [-0.39, 0.29) is 18.4 Å². The van der Waals surface area contributed by atoms with Gasteiger partial charge >= 0.3 is 23.5 Å². The Bertz CT molecular complexity index is 656. The summed E-state index contributed by atoms with van der Waals surface area (Å²) in [5.74, 6) is -4.53. The number of alkyl halides is 1. The molecule has 7 atom stereocenters. The molecule has 0 amide bonds. The summed E-state index contributed by atoms with van der Waals surface area (Å²) in [7, 11) is 0. The molecule has 3 heterocycles. The molecule has 11 nitrogen and oxygen atoms in total. The summed E-state index contributed by atoms with van der Waals surface area (Å²) in [5.41, 5.74) is -3.31. The fourth-order valence-electron chi connectivity index (χ4n) is 4.56. The van der Waals surface area contributed by atoms with Crippen LogP contribution in [0.1, 0.15) is 32.1 Å².